The lowest BCUT2D eigenvalue weighted by Crippen LogP contribution is -2.58. The van der Waals surface area contributed by atoms with Crippen molar-refractivity contribution in [1.82, 2.24) is 14.5 Å². The minimum Gasteiger partial charge on any atom is -0.392 e. The van der Waals surface area contributed by atoms with Crippen molar-refractivity contribution in [3.05, 3.63) is 12.3 Å². The van der Waals surface area contributed by atoms with E-state index in [1.807, 2.05) is 0 Å². The topological polar surface area (TPSA) is 90.0 Å². The van der Waals surface area contributed by atoms with Gasteiger partial charge in [-0.05, 0) is 37.7 Å². The van der Waals surface area contributed by atoms with E-state index in [2.05, 4.69) is 16.7 Å². The number of aromatic nitrogens is 2. The van der Waals surface area contributed by atoms with Crippen LogP contribution in [-0.4, -0.2) is 28.7 Å². The minimum absolute atomic E-state index is 0.117. The number of hydrogen-bond donors (Lipinski definition) is 2. The van der Waals surface area contributed by atoms with Crippen molar-refractivity contribution in [3.63, 3.8) is 0 Å². The van der Waals surface area contributed by atoms with Gasteiger partial charge in [-0.15, -0.1) is 0 Å². The van der Waals surface area contributed by atoms with Crippen LogP contribution in [0.4, 0.5) is 0 Å². The Kier molecular flexibility index (Phi) is 4.17. The Morgan fingerprint density at radius 3 is 2.60 bits per heavy atom. The quantitative estimate of drug-likeness (QED) is 0.807. The molecule has 0 spiro atoms. The summed E-state index contributed by atoms with van der Waals surface area (Å²) in [6.07, 6.45) is 4.54. The molecule has 2 rings (SSSR count). The van der Waals surface area contributed by atoms with Gasteiger partial charge in [-0.25, -0.2) is 8.42 Å². The number of thiocarbonyl (C=S) groups is 1. The molecule has 1 aromatic rings. The standard InChI is InChI=1S/C12H20N4O2S2/c1-9-3-6-12(7-4-9,11(13)19)15-20(17,18)10-5-8-14-16(10)2/h5,8-9,15H,3-4,6-7H2,1-2H3,(H2,13,19). The molecule has 3 N–H and O–H groups in total. The fourth-order valence-electron chi connectivity index (χ4n) is 2.59. The molecule has 0 amide bonds. The highest BCUT2D eigenvalue weighted by Gasteiger charge is 2.41. The zero-order chi connectivity index (χ0) is 15.0. The average Bonchev–Trinajstić information content (AvgIpc) is 2.79. The van der Waals surface area contributed by atoms with Crippen LogP contribution in [0.1, 0.15) is 32.6 Å². The molecule has 1 aliphatic rings. The van der Waals surface area contributed by atoms with Crippen LogP contribution in [0, 0.1) is 5.92 Å². The summed E-state index contributed by atoms with van der Waals surface area (Å²) >= 11 is 5.12. The van der Waals surface area contributed by atoms with Gasteiger partial charge in [-0.2, -0.15) is 9.82 Å². The Balaban J connectivity index is 2.30. The van der Waals surface area contributed by atoms with E-state index in [0.717, 1.165) is 12.8 Å². The molecule has 0 aromatic carbocycles. The lowest BCUT2D eigenvalue weighted by molar-refractivity contribution is 0.288. The average molecular weight is 316 g/mol. The summed E-state index contributed by atoms with van der Waals surface area (Å²) in [6, 6.07) is 1.46. The molecule has 1 saturated carbocycles. The van der Waals surface area contributed by atoms with Gasteiger partial charge in [0.25, 0.3) is 10.0 Å². The van der Waals surface area contributed by atoms with Crippen molar-refractivity contribution < 1.29 is 8.42 Å². The molecule has 20 heavy (non-hydrogen) atoms. The second-order valence-corrected chi connectivity index (χ2v) is 7.60. The fourth-order valence-corrected chi connectivity index (χ4v) is 4.48. The third kappa shape index (κ3) is 2.87. The number of rotatable bonds is 4. The Morgan fingerprint density at radius 1 is 1.55 bits per heavy atom. The molecule has 112 valence electrons. The van der Waals surface area contributed by atoms with Gasteiger partial charge in [0, 0.05) is 7.05 Å². The van der Waals surface area contributed by atoms with Gasteiger partial charge < -0.3 is 5.73 Å². The lowest BCUT2D eigenvalue weighted by atomic mass is 9.78. The van der Waals surface area contributed by atoms with Gasteiger partial charge in [0.05, 0.1) is 16.7 Å². The van der Waals surface area contributed by atoms with E-state index in [4.69, 9.17) is 18.0 Å². The summed E-state index contributed by atoms with van der Waals surface area (Å²) < 4.78 is 29.0. The lowest BCUT2D eigenvalue weighted by Gasteiger charge is -2.38. The molecular formula is C12H20N4O2S2. The predicted octanol–water partition coefficient (Wildman–Crippen LogP) is 0.933. The maximum absolute atomic E-state index is 12.5. The molecular weight excluding hydrogens is 296 g/mol. The zero-order valence-corrected chi connectivity index (χ0v) is 13.3. The second-order valence-electron chi connectivity index (χ2n) is 5.53. The van der Waals surface area contributed by atoms with Crippen molar-refractivity contribution in [3.8, 4) is 0 Å². The van der Waals surface area contributed by atoms with E-state index in [1.54, 1.807) is 7.05 Å². The van der Waals surface area contributed by atoms with E-state index in [9.17, 15) is 8.42 Å². The molecule has 0 unspecified atom stereocenters. The summed E-state index contributed by atoms with van der Waals surface area (Å²) in [5, 5.41) is 4.01. The molecule has 0 bridgehead atoms. The number of nitrogens with one attached hydrogen (secondary N) is 1. The Hall–Kier alpha value is -0.990. The number of nitrogens with two attached hydrogens (primary N) is 1. The van der Waals surface area contributed by atoms with Gasteiger partial charge in [0.1, 0.15) is 0 Å². The molecule has 8 heteroatoms. The van der Waals surface area contributed by atoms with Crippen molar-refractivity contribution in [2.75, 3.05) is 0 Å². The fraction of sp³-hybridized carbons (Fsp3) is 0.667. The zero-order valence-electron chi connectivity index (χ0n) is 11.7. The SMILES string of the molecule is CC1CCC(NS(=O)(=O)c2ccnn2C)(C(N)=S)CC1. The second kappa shape index (κ2) is 5.42. The molecule has 1 aliphatic carbocycles. The summed E-state index contributed by atoms with van der Waals surface area (Å²) in [7, 11) is -2.10. The monoisotopic (exact) mass is 316 g/mol. The number of aryl methyl sites for hydroxylation is 1. The number of sulfonamides is 1. The van der Waals surface area contributed by atoms with E-state index in [1.165, 1.54) is 16.9 Å². The van der Waals surface area contributed by atoms with Crippen LogP contribution in [-0.2, 0) is 17.1 Å². The largest absolute Gasteiger partial charge is 0.392 e. The van der Waals surface area contributed by atoms with Crippen LogP contribution < -0.4 is 10.5 Å². The molecule has 0 saturated heterocycles. The third-order valence-electron chi connectivity index (χ3n) is 3.98. The maximum Gasteiger partial charge on any atom is 0.258 e. The van der Waals surface area contributed by atoms with Crippen LogP contribution in [0.3, 0.4) is 0 Å². The van der Waals surface area contributed by atoms with Crippen molar-refractivity contribution in [2.24, 2.45) is 18.7 Å². The molecule has 0 atom stereocenters. The summed E-state index contributed by atoms with van der Waals surface area (Å²) in [5.41, 5.74) is 5.01. The number of hydrogen-bond acceptors (Lipinski definition) is 4. The van der Waals surface area contributed by atoms with Gasteiger partial charge in [-0.1, -0.05) is 19.1 Å². The minimum atomic E-state index is -3.69. The van der Waals surface area contributed by atoms with Crippen LogP contribution >= 0.6 is 12.2 Å². The van der Waals surface area contributed by atoms with Gasteiger partial charge in [-0.3, -0.25) is 4.68 Å². The van der Waals surface area contributed by atoms with Crippen LogP contribution in [0.2, 0.25) is 0 Å². The smallest absolute Gasteiger partial charge is 0.258 e. The molecule has 0 radical (unpaired) electrons. The van der Waals surface area contributed by atoms with E-state index < -0.39 is 15.6 Å². The van der Waals surface area contributed by atoms with Crippen molar-refractivity contribution in [1.29, 1.82) is 0 Å². The maximum atomic E-state index is 12.5. The first-order valence-electron chi connectivity index (χ1n) is 6.59. The van der Waals surface area contributed by atoms with Gasteiger partial charge in [0.2, 0.25) is 0 Å². The molecule has 1 aromatic heterocycles. The summed E-state index contributed by atoms with van der Waals surface area (Å²) in [6.45, 7) is 2.15. The van der Waals surface area contributed by atoms with E-state index in [-0.39, 0.29) is 10.0 Å². The first kappa shape index (κ1) is 15.4. The Bertz CT molecular complexity index is 601. The summed E-state index contributed by atoms with van der Waals surface area (Å²) in [5.74, 6) is 0.568. The van der Waals surface area contributed by atoms with Crippen molar-refractivity contribution in [2.45, 2.75) is 43.2 Å². The molecule has 1 fully saturated rings. The third-order valence-corrected chi connectivity index (χ3v) is 5.98. The van der Waals surface area contributed by atoms with Crippen LogP contribution in [0.5, 0.6) is 0 Å². The molecule has 1 heterocycles. The predicted molar refractivity (Wildman–Crippen MR) is 80.7 cm³/mol. The highest BCUT2D eigenvalue weighted by molar-refractivity contribution is 7.89. The van der Waals surface area contributed by atoms with Crippen LogP contribution in [0.15, 0.2) is 17.3 Å². The van der Waals surface area contributed by atoms with Gasteiger partial charge >= 0.3 is 0 Å². The normalized spacial score (nSPS) is 27.4. The summed E-state index contributed by atoms with van der Waals surface area (Å²) in [4.78, 5) is 0.218. The Labute approximate surface area is 124 Å². The molecule has 6 nitrogen and oxygen atoms in total. The van der Waals surface area contributed by atoms with E-state index >= 15 is 0 Å². The Morgan fingerprint density at radius 2 is 2.15 bits per heavy atom. The number of nitrogens with zero attached hydrogens (tertiary/aromatic N) is 2. The highest BCUT2D eigenvalue weighted by atomic mass is 32.2. The van der Waals surface area contributed by atoms with E-state index in [0.29, 0.717) is 18.8 Å². The first-order chi connectivity index (χ1) is 9.27. The first-order valence-corrected chi connectivity index (χ1v) is 8.48. The highest BCUT2D eigenvalue weighted by Crippen LogP contribution is 2.33. The van der Waals surface area contributed by atoms with Crippen molar-refractivity contribution >= 4 is 27.2 Å². The molecule has 0 aliphatic heterocycles. The van der Waals surface area contributed by atoms with Crippen LogP contribution in [0.25, 0.3) is 0 Å². The van der Waals surface area contributed by atoms with Gasteiger partial charge in [0.15, 0.2) is 5.03 Å².